The molecule has 1 aromatic heterocycles. The summed E-state index contributed by atoms with van der Waals surface area (Å²) in [5, 5.41) is 0.920. The van der Waals surface area contributed by atoms with Gasteiger partial charge in [-0.2, -0.15) is 0 Å². The fraction of sp³-hybridized carbons (Fsp3) is 0.167. The van der Waals surface area contributed by atoms with E-state index >= 15 is 0 Å². The van der Waals surface area contributed by atoms with Crippen LogP contribution >= 0.6 is 0 Å². The van der Waals surface area contributed by atoms with Gasteiger partial charge in [0.2, 0.25) is 0 Å². The Morgan fingerprint density at radius 2 is 1.83 bits per heavy atom. The fourth-order valence-corrected chi connectivity index (χ4v) is 3.96. The standard InChI is InChI=1S/C18H18NO3S/c1-22-14-6-8-15-7-5-11-18-17(15)12-13-19(18)23(20,21)16-9-3-2-4-10-16/h2-5,7-13H,6,14H2,1H3. The van der Waals surface area contributed by atoms with E-state index in [2.05, 4.69) is 6.42 Å². The normalized spacial score (nSPS) is 11.9. The second-order valence-electron chi connectivity index (χ2n) is 5.20. The van der Waals surface area contributed by atoms with E-state index in [1.807, 2.05) is 24.3 Å². The highest BCUT2D eigenvalue weighted by Gasteiger charge is 2.19. The van der Waals surface area contributed by atoms with E-state index in [1.165, 1.54) is 3.97 Å². The van der Waals surface area contributed by atoms with Crippen LogP contribution in [0.3, 0.4) is 0 Å². The van der Waals surface area contributed by atoms with Crippen LogP contribution < -0.4 is 0 Å². The first kappa shape index (κ1) is 15.8. The van der Waals surface area contributed by atoms with Crippen molar-refractivity contribution in [2.45, 2.75) is 11.3 Å². The lowest BCUT2D eigenvalue weighted by Crippen LogP contribution is -2.11. The molecule has 0 unspecified atom stereocenters. The van der Waals surface area contributed by atoms with Crippen LogP contribution in [0.1, 0.15) is 12.0 Å². The van der Waals surface area contributed by atoms with E-state index in [0.717, 1.165) is 17.4 Å². The fourth-order valence-electron chi connectivity index (χ4n) is 2.59. The van der Waals surface area contributed by atoms with E-state index < -0.39 is 10.0 Å². The van der Waals surface area contributed by atoms with Gasteiger partial charge in [0.15, 0.2) is 0 Å². The third-order valence-electron chi connectivity index (χ3n) is 3.72. The summed E-state index contributed by atoms with van der Waals surface area (Å²) in [6.45, 7) is 0.638. The van der Waals surface area contributed by atoms with Crippen molar-refractivity contribution < 1.29 is 13.2 Å². The van der Waals surface area contributed by atoms with Crippen molar-refractivity contribution in [3.8, 4) is 0 Å². The zero-order chi connectivity index (χ0) is 16.3. The maximum absolute atomic E-state index is 12.8. The third-order valence-corrected chi connectivity index (χ3v) is 5.42. The smallest absolute Gasteiger partial charge is 0.268 e. The molecule has 3 rings (SSSR count). The zero-order valence-corrected chi connectivity index (χ0v) is 13.7. The van der Waals surface area contributed by atoms with Gasteiger partial charge in [0.25, 0.3) is 10.0 Å². The van der Waals surface area contributed by atoms with E-state index in [1.54, 1.807) is 43.6 Å². The molecular formula is C18H18NO3S. The Balaban J connectivity index is 2.05. The van der Waals surface area contributed by atoms with Crippen LogP contribution in [0.4, 0.5) is 0 Å². The molecule has 0 atom stereocenters. The highest BCUT2D eigenvalue weighted by Crippen LogP contribution is 2.26. The molecule has 1 radical (unpaired) electrons. The van der Waals surface area contributed by atoms with Crippen LogP contribution in [0.2, 0.25) is 0 Å². The lowest BCUT2D eigenvalue weighted by Gasteiger charge is -2.08. The Labute approximate surface area is 136 Å². The number of rotatable bonds is 6. The first-order chi connectivity index (χ1) is 11.1. The maximum atomic E-state index is 12.8. The maximum Gasteiger partial charge on any atom is 0.268 e. The Morgan fingerprint density at radius 3 is 2.57 bits per heavy atom. The van der Waals surface area contributed by atoms with Gasteiger partial charge < -0.3 is 4.74 Å². The second kappa shape index (κ2) is 6.56. The Bertz CT molecular complexity index is 898. The minimum absolute atomic E-state index is 0.284. The van der Waals surface area contributed by atoms with Crippen LogP contribution in [0.5, 0.6) is 0 Å². The lowest BCUT2D eigenvalue weighted by molar-refractivity contribution is 0.202. The Hall–Kier alpha value is -2.11. The molecule has 119 valence electrons. The predicted octanol–water partition coefficient (Wildman–Crippen LogP) is 3.47. The molecule has 0 N–H and O–H groups in total. The number of fused-ring (bicyclic) bond motifs is 1. The molecule has 5 heteroatoms. The van der Waals surface area contributed by atoms with Gasteiger partial charge in [-0.05, 0) is 42.7 Å². The lowest BCUT2D eigenvalue weighted by atomic mass is 10.1. The molecule has 2 aromatic carbocycles. The molecule has 0 aliphatic carbocycles. The minimum Gasteiger partial charge on any atom is -0.385 e. The molecule has 0 saturated heterocycles. The number of aromatic nitrogens is 1. The highest BCUT2D eigenvalue weighted by molar-refractivity contribution is 7.90. The average molecular weight is 328 g/mol. The number of methoxy groups -OCH3 is 1. The molecule has 0 fully saturated rings. The first-order valence-electron chi connectivity index (χ1n) is 7.37. The third kappa shape index (κ3) is 3.02. The molecule has 1 heterocycles. The SMILES string of the molecule is COCC[CH]c1cccc2c1ccn2S(=O)(=O)c1ccccc1. The average Bonchev–Trinajstić information content (AvgIpc) is 3.01. The Kier molecular flexibility index (Phi) is 4.50. The minimum atomic E-state index is -3.59. The summed E-state index contributed by atoms with van der Waals surface area (Å²) >= 11 is 0. The second-order valence-corrected chi connectivity index (χ2v) is 7.01. The summed E-state index contributed by atoms with van der Waals surface area (Å²) in [6.07, 6.45) is 4.46. The van der Waals surface area contributed by atoms with Crippen LogP contribution in [0.25, 0.3) is 10.9 Å². The van der Waals surface area contributed by atoms with Gasteiger partial charge >= 0.3 is 0 Å². The van der Waals surface area contributed by atoms with E-state index in [0.29, 0.717) is 12.1 Å². The van der Waals surface area contributed by atoms with E-state index in [-0.39, 0.29) is 4.90 Å². The number of hydrogen-bond acceptors (Lipinski definition) is 3. The van der Waals surface area contributed by atoms with E-state index in [4.69, 9.17) is 4.74 Å². The Morgan fingerprint density at radius 1 is 1.04 bits per heavy atom. The zero-order valence-electron chi connectivity index (χ0n) is 12.8. The van der Waals surface area contributed by atoms with Crippen molar-refractivity contribution in [1.29, 1.82) is 0 Å². The van der Waals surface area contributed by atoms with Gasteiger partial charge in [-0.1, -0.05) is 30.3 Å². The quantitative estimate of drug-likeness (QED) is 0.651. The van der Waals surface area contributed by atoms with Crippen molar-refractivity contribution in [2.24, 2.45) is 0 Å². The van der Waals surface area contributed by atoms with Gasteiger partial charge in [-0.3, -0.25) is 0 Å². The summed E-state index contributed by atoms with van der Waals surface area (Å²) in [5.41, 5.74) is 1.70. The van der Waals surface area contributed by atoms with Crippen LogP contribution in [0, 0.1) is 6.42 Å². The number of ether oxygens (including phenoxy) is 1. The van der Waals surface area contributed by atoms with Gasteiger partial charge in [0, 0.05) is 25.3 Å². The molecule has 0 aliphatic heterocycles. The monoisotopic (exact) mass is 328 g/mol. The summed E-state index contributed by atoms with van der Waals surface area (Å²) in [7, 11) is -1.92. The van der Waals surface area contributed by atoms with E-state index in [9.17, 15) is 8.42 Å². The van der Waals surface area contributed by atoms with Crippen molar-refractivity contribution in [3.63, 3.8) is 0 Å². The molecule has 4 nitrogen and oxygen atoms in total. The molecule has 0 saturated carbocycles. The van der Waals surface area contributed by atoms with Gasteiger partial charge in [0.05, 0.1) is 10.4 Å². The topological polar surface area (TPSA) is 48.3 Å². The summed E-state index contributed by atoms with van der Waals surface area (Å²) in [4.78, 5) is 0.284. The molecule has 23 heavy (non-hydrogen) atoms. The van der Waals surface area contributed by atoms with Crippen molar-refractivity contribution in [1.82, 2.24) is 3.97 Å². The van der Waals surface area contributed by atoms with Crippen molar-refractivity contribution in [2.75, 3.05) is 13.7 Å². The first-order valence-corrected chi connectivity index (χ1v) is 8.81. The van der Waals surface area contributed by atoms with Crippen molar-refractivity contribution >= 4 is 20.9 Å². The molecule has 0 aliphatic rings. The summed E-state index contributed by atoms with van der Waals surface area (Å²) < 4.78 is 32.0. The molecule has 0 spiro atoms. The molecular weight excluding hydrogens is 310 g/mol. The van der Waals surface area contributed by atoms with Gasteiger partial charge in [-0.25, -0.2) is 12.4 Å². The van der Waals surface area contributed by atoms with Crippen LogP contribution in [0.15, 0.2) is 65.7 Å². The van der Waals surface area contributed by atoms with Gasteiger partial charge in [0.1, 0.15) is 0 Å². The molecule has 3 aromatic rings. The summed E-state index contributed by atoms with van der Waals surface area (Å²) in [6, 6.07) is 16.0. The van der Waals surface area contributed by atoms with Crippen LogP contribution in [-0.2, 0) is 14.8 Å². The molecule has 0 bridgehead atoms. The number of hydrogen-bond donors (Lipinski definition) is 0. The highest BCUT2D eigenvalue weighted by atomic mass is 32.2. The number of nitrogens with zero attached hydrogens (tertiary/aromatic N) is 1. The summed E-state index contributed by atoms with van der Waals surface area (Å²) in [5.74, 6) is 0. The van der Waals surface area contributed by atoms with Gasteiger partial charge in [-0.15, -0.1) is 0 Å². The largest absolute Gasteiger partial charge is 0.385 e. The van der Waals surface area contributed by atoms with Crippen molar-refractivity contribution in [3.05, 3.63) is 72.8 Å². The predicted molar refractivity (Wildman–Crippen MR) is 90.9 cm³/mol. The number of benzene rings is 2. The molecule has 0 amide bonds. The van der Waals surface area contributed by atoms with Crippen LogP contribution in [-0.4, -0.2) is 26.1 Å².